The summed E-state index contributed by atoms with van der Waals surface area (Å²) in [5.74, 6) is 1.11. The van der Waals surface area contributed by atoms with Gasteiger partial charge in [-0.15, -0.1) is 0 Å². The number of hydrogen-bond donors (Lipinski definition) is 1. The van der Waals surface area contributed by atoms with Crippen LogP contribution in [0.1, 0.15) is 18.1 Å². The van der Waals surface area contributed by atoms with Gasteiger partial charge >= 0.3 is 5.69 Å². The van der Waals surface area contributed by atoms with E-state index >= 15 is 0 Å². The van der Waals surface area contributed by atoms with Crippen molar-refractivity contribution in [2.75, 3.05) is 12.0 Å². The predicted molar refractivity (Wildman–Crippen MR) is 123 cm³/mol. The average Bonchev–Trinajstić information content (AvgIpc) is 2.75. The second-order valence-corrected chi connectivity index (χ2v) is 7.40. The molecule has 1 heterocycles. The van der Waals surface area contributed by atoms with Crippen molar-refractivity contribution >= 4 is 45.3 Å². The maximum Gasteiger partial charge on any atom is 0.313 e. The largest absolute Gasteiger partial charge is 0.490 e. The van der Waals surface area contributed by atoms with Crippen LogP contribution in [0.15, 0.2) is 64.3 Å². The molecule has 1 aromatic heterocycles. The molecule has 10 heteroatoms. The van der Waals surface area contributed by atoms with E-state index in [-0.39, 0.29) is 18.1 Å². The molecule has 0 radical (unpaired) electrons. The molecule has 0 spiro atoms. The van der Waals surface area contributed by atoms with Crippen LogP contribution in [0.3, 0.4) is 0 Å². The third-order valence-corrected chi connectivity index (χ3v) is 4.99. The smallest absolute Gasteiger partial charge is 0.313 e. The Morgan fingerprint density at radius 3 is 2.81 bits per heavy atom. The van der Waals surface area contributed by atoms with Crippen molar-refractivity contribution in [2.45, 2.75) is 13.5 Å². The Balaban J connectivity index is 1.79. The van der Waals surface area contributed by atoms with Gasteiger partial charge < -0.3 is 9.47 Å². The molecule has 0 bridgehead atoms. The second-order valence-electron chi connectivity index (χ2n) is 6.14. The quantitative estimate of drug-likeness (QED) is 0.223. The summed E-state index contributed by atoms with van der Waals surface area (Å²) in [6.45, 7) is 2.58. The molecule has 3 rings (SSSR count). The normalized spacial score (nSPS) is 10.8. The zero-order valence-corrected chi connectivity index (χ0v) is 18.8. The molecule has 0 aliphatic rings. The van der Waals surface area contributed by atoms with Crippen LogP contribution in [0.5, 0.6) is 11.5 Å². The molecule has 3 aromatic rings. The van der Waals surface area contributed by atoms with Crippen molar-refractivity contribution in [3.8, 4) is 11.5 Å². The number of halogens is 2. The maximum absolute atomic E-state index is 11.1. The highest BCUT2D eigenvalue weighted by Crippen LogP contribution is 2.37. The fourth-order valence-electron chi connectivity index (χ4n) is 2.63. The minimum atomic E-state index is -0.528. The summed E-state index contributed by atoms with van der Waals surface area (Å²) < 4.78 is 12.3. The Bertz CT molecular complexity index is 1110. The lowest BCUT2D eigenvalue weighted by Crippen LogP contribution is -2.02. The molecule has 0 aliphatic carbocycles. The number of anilines is 1. The van der Waals surface area contributed by atoms with E-state index in [1.54, 1.807) is 18.2 Å². The molecule has 0 aliphatic heterocycles. The fourth-order valence-corrected chi connectivity index (χ4v) is 3.39. The van der Waals surface area contributed by atoms with E-state index in [0.717, 1.165) is 5.56 Å². The molecule has 0 amide bonds. The Hall–Kier alpha value is -3.17. The summed E-state index contributed by atoms with van der Waals surface area (Å²) in [5, 5.41) is 15.7. The number of benzene rings is 2. The topological polar surface area (TPSA) is 98.9 Å². The first-order valence-corrected chi connectivity index (χ1v) is 10.4. The van der Waals surface area contributed by atoms with E-state index in [1.807, 2.05) is 25.1 Å². The first kappa shape index (κ1) is 22.5. The van der Waals surface area contributed by atoms with E-state index < -0.39 is 4.92 Å². The van der Waals surface area contributed by atoms with Crippen molar-refractivity contribution in [1.29, 1.82) is 0 Å². The van der Waals surface area contributed by atoms with Gasteiger partial charge in [0.25, 0.3) is 0 Å². The molecule has 31 heavy (non-hydrogen) atoms. The Labute approximate surface area is 192 Å². The van der Waals surface area contributed by atoms with Crippen LogP contribution >= 0.6 is 27.5 Å². The monoisotopic (exact) mass is 504 g/mol. The fraction of sp³-hybridized carbons (Fsp3) is 0.143. The molecule has 8 nitrogen and oxygen atoms in total. The van der Waals surface area contributed by atoms with Gasteiger partial charge in [-0.25, -0.2) is 4.98 Å². The van der Waals surface area contributed by atoms with Gasteiger partial charge in [0, 0.05) is 22.8 Å². The number of nitro groups is 1. The lowest BCUT2D eigenvalue weighted by Gasteiger charge is -2.15. The molecule has 160 valence electrons. The highest BCUT2D eigenvalue weighted by Gasteiger charge is 2.14. The van der Waals surface area contributed by atoms with Gasteiger partial charge in [0.2, 0.25) is 5.82 Å². The second kappa shape index (κ2) is 10.7. The first-order valence-electron chi connectivity index (χ1n) is 9.20. The van der Waals surface area contributed by atoms with Crippen LogP contribution in [-0.4, -0.2) is 22.7 Å². The van der Waals surface area contributed by atoms with E-state index in [4.69, 9.17) is 21.1 Å². The van der Waals surface area contributed by atoms with E-state index in [0.29, 0.717) is 33.2 Å². The van der Waals surface area contributed by atoms with Gasteiger partial charge in [-0.1, -0.05) is 29.8 Å². The van der Waals surface area contributed by atoms with Gasteiger partial charge in [-0.2, -0.15) is 5.10 Å². The highest BCUT2D eigenvalue weighted by atomic mass is 79.9. The standard InChI is InChI=1S/C21H18BrClN4O4/c1-2-30-19-11-14(12-25-26-21-18(27(28)29)8-5-9-24-21)10-16(22)20(19)31-13-15-6-3-4-7-17(15)23/h3-12H,2,13H2,1H3,(H,24,26)/b25-12-. The number of nitrogens with zero attached hydrogens (tertiary/aromatic N) is 3. The van der Waals surface area contributed by atoms with E-state index in [9.17, 15) is 10.1 Å². The molecule has 0 saturated heterocycles. The van der Waals surface area contributed by atoms with Crippen LogP contribution in [0.25, 0.3) is 0 Å². The van der Waals surface area contributed by atoms with Gasteiger partial charge in [0.05, 0.1) is 22.2 Å². The third-order valence-electron chi connectivity index (χ3n) is 4.03. The summed E-state index contributed by atoms with van der Waals surface area (Å²) >= 11 is 9.71. The zero-order valence-electron chi connectivity index (χ0n) is 16.4. The highest BCUT2D eigenvalue weighted by molar-refractivity contribution is 9.10. The molecule has 0 saturated carbocycles. The van der Waals surface area contributed by atoms with Crippen molar-refractivity contribution in [2.24, 2.45) is 5.10 Å². The minimum absolute atomic E-state index is 0.0486. The minimum Gasteiger partial charge on any atom is -0.490 e. The Kier molecular flexibility index (Phi) is 7.80. The SMILES string of the molecule is CCOc1cc(/C=N\Nc2ncccc2[N+](=O)[O-])cc(Br)c1OCc1ccccc1Cl. The number of aromatic nitrogens is 1. The van der Waals surface area contributed by atoms with Crippen LogP contribution in [0, 0.1) is 10.1 Å². The number of rotatable bonds is 9. The molecular weight excluding hydrogens is 488 g/mol. The van der Waals surface area contributed by atoms with E-state index in [2.05, 4.69) is 31.4 Å². The maximum atomic E-state index is 11.1. The summed E-state index contributed by atoms with van der Waals surface area (Å²) in [4.78, 5) is 14.5. The molecule has 0 unspecified atom stereocenters. The lowest BCUT2D eigenvalue weighted by atomic mass is 10.2. The van der Waals surface area contributed by atoms with E-state index in [1.165, 1.54) is 24.5 Å². The van der Waals surface area contributed by atoms with Crippen molar-refractivity contribution in [1.82, 2.24) is 4.98 Å². The van der Waals surface area contributed by atoms with Crippen molar-refractivity contribution in [3.63, 3.8) is 0 Å². The molecule has 0 atom stereocenters. The van der Waals surface area contributed by atoms with Crippen molar-refractivity contribution in [3.05, 3.63) is 85.5 Å². The predicted octanol–water partition coefficient (Wildman–Crippen LogP) is 5.83. The van der Waals surface area contributed by atoms with Gasteiger partial charge in [0.1, 0.15) is 6.61 Å². The molecule has 1 N–H and O–H groups in total. The van der Waals surface area contributed by atoms with Gasteiger partial charge in [-0.05, 0) is 52.7 Å². The number of hydrazone groups is 1. The zero-order chi connectivity index (χ0) is 22.2. The summed E-state index contributed by atoms with van der Waals surface area (Å²) in [7, 11) is 0. The average molecular weight is 506 g/mol. The van der Waals surface area contributed by atoms with Gasteiger partial charge in [-0.3, -0.25) is 15.5 Å². The number of pyridine rings is 1. The van der Waals surface area contributed by atoms with Crippen LogP contribution < -0.4 is 14.9 Å². The summed E-state index contributed by atoms with van der Waals surface area (Å²) in [5.41, 5.74) is 3.97. The first-order chi connectivity index (χ1) is 15.0. The number of hydrogen-bond acceptors (Lipinski definition) is 7. The Morgan fingerprint density at radius 2 is 2.06 bits per heavy atom. The number of ether oxygens (including phenoxy) is 2. The Morgan fingerprint density at radius 1 is 1.26 bits per heavy atom. The van der Waals surface area contributed by atoms with Crippen molar-refractivity contribution < 1.29 is 14.4 Å². The molecular formula is C21H18BrClN4O4. The van der Waals surface area contributed by atoms with Crippen LogP contribution in [-0.2, 0) is 6.61 Å². The summed E-state index contributed by atoms with van der Waals surface area (Å²) in [6, 6.07) is 13.8. The molecule has 0 fully saturated rings. The number of nitrogens with one attached hydrogen (secondary N) is 1. The summed E-state index contributed by atoms with van der Waals surface area (Å²) in [6.07, 6.45) is 2.95. The van der Waals surface area contributed by atoms with Crippen LogP contribution in [0.4, 0.5) is 11.5 Å². The van der Waals surface area contributed by atoms with Gasteiger partial charge in [0.15, 0.2) is 11.5 Å². The molecule has 2 aromatic carbocycles. The lowest BCUT2D eigenvalue weighted by molar-refractivity contribution is -0.384. The third kappa shape index (κ3) is 5.93. The van der Waals surface area contributed by atoms with Crippen LogP contribution in [0.2, 0.25) is 5.02 Å².